The molecule has 0 fully saturated rings. The fourth-order valence-corrected chi connectivity index (χ4v) is 3.30. The van der Waals surface area contributed by atoms with E-state index in [0.29, 0.717) is 10.7 Å². The maximum atomic E-state index is 12.1. The number of sulfonamides is 1. The second-order valence-electron chi connectivity index (χ2n) is 4.12. The minimum atomic E-state index is -4.08. The van der Waals surface area contributed by atoms with Gasteiger partial charge in [-0.1, -0.05) is 46.9 Å². The average molecular weight is 380 g/mol. The number of nitrogens with one attached hydrogen (secondary N) is 2. The second-order valence-corrected chi connectivity index (χ2v) is 6.99. The summed E-state index contributed by atoms with van der Waals surface area (Å²) in [5.41, 5.74) is 0.293. The minimum Gasteiger partial charge on any atom is -0.307 e. The van der Waals surface area contributed by atoms with Crippen molar-refractivity contribution in [1.82, 2.24) is 4.72 Å². The number of halogens is 3. The van der Waals surface area contributed by atoms with Gasteiger partial charge in [0.05, 0.1) is 15.1 Å². The van der Waals surface area contributed by atoms with Crippen LogP contribution in [-0.2, 0) is 10.0 Å². The fraction of sp³-hybridized carbons (Fsp3) is 0. The lowest BCUT2D eigenvalue weighted by Gasteiger charge is -2.10. The fourth-order valence-electron chi connectivity index (χ4n) is 1.57. The van der Waals surface area contributed by atoms with Crippen LogP contribution in [0.2, 0.25) is 15.1 Å². The van der Waals surface area contributed by atoms with Crippen LogP contribution in [0.1, 0.15) is 0 Å². The maximum Gasteiger partial charge on any atom is 0.333 e. The van der Waals surface area contributed by atoms with Crippen molar-refractivity contribution in [1.29, 1.82) is 0 Å². The van der Waals surface area contributed by atoms with Crippen LogP contribution in [0.4, 0.5) is 10.5 Å². The van der Waals surface area contributed by atoms with E-state index in [2.05, 4.69) is 5.32 Å². The van der Waals surface area contributed by atoms with E-state index in [1.807, 2.05) is 4.72 Å². The van der Waals surface area contributed by atoms with Crippen LogP contribution in [0.5, 0.6) is 0 Å². The van der Waals surface area contributed by atoms with E-state index >= 15 is 0 Å². The zero-order chi connectivity index (χ0) is 16.3. The summed E-state index contributed by atoms with van der Waals surface area (Å²) in [4.78, 5) is 11.6. The Labute approximate surface area is 142 Å². The van der Waals surface area contributed by atoms with Crippen LogP contribution in [0, 0.1) is 0 Å². The summed E-state index contributed by atoms with van der Waals surface area (Å²) in [5.74, 6) is 0. The van der Waals surface area contributed by atoms with Gasteiger partial charge in [-0.2, -0.15) is 0 Å². The van der Waals surface area contributed by atoms with Gasteiger partial charge in [-0.25, -0.2) is 17.9 Å². The summed E-state index contributed by atoms with van der Waals surface area (Å²) in [7, 11) is -4.08. The normalized spacial score (nSPS) is 11.0. The molecule has 0 spiro atoms. The molecule has 0 aliphatic heterocycles. The molecule has 0 saturated heterocycles. The van der Waals surface area contributed by atoms with E-state index in [0.717, 1.165) is 0 Å². The molecule has 0 unspecified atom stereocenters. The molecular formula is C13H9Cl3N2O3S. The van der Waals surface area contributed by atoms with Crippen molar-refractivity contribution in [2.75, 3.05) is 5.32 Å². The minimum absolute atomic E-state index is 0.0114. The Kier molecular flexibility index (Phi) is 5.18. The number of hydrogen-bond acceptors (Lipinski definition) is 3. The number of anilines is 1. The molecule has 0 aromatic heterocycles. The van der Waals surface area contributed by atoms with Crippen LogP contribution < -0.4 is 10.0 Å². The highest BCUT2D eigenvalue weighted by Crippen LogP contribution is 2.25. The number of rotatable bonds is 3. The van der Waals surface area contributed by atoms with Gasteiger partial charge in [0.2, 0.25) is 0 Å². The first-order valence-corrected chi connectivity index (χ1v) is 8.45. The number of hydrogen-bond donors (Lipinski definition) is 2. The highest BCUT2D eigenvalue weighted by molar-refractivity contribution is 7.90. The summed E-state index contributed by atoms with van der Waals surface area (Å²) in [5, 5.41) is 2.90. The van der Waals surface area contributed by atoms with Crippen molar-refractivity contribution < 1.29 is 13.2 Å². The Hall–Kier alpha value is -1.47. The molecule has 0 aliphatic carbocycles. The van der Waals surface area contributed by atoms with Gasteiger partial charge in [-0.05, 0) is 30.3 Å². The molecule has 0 saturated carbocycles. The van der Waals surface area contributed by atoms with Gasteiger partial charge in [-0.3, -0.25) is 0 Å². The Balaban J connectivity index is 2.14. The molecule has 0 radical (unpaired) electrons. The van der Waals surface area contributed by atoms with Crippen molar-refractivity contribution in [3.63, 3.8) is 0 Å². The van der Waals surface area contributed by atoms with Gasteiger partial charge in [0, 0.05) is 5.69 Å². The third kappa shape index (κ3) is 4.04. The SMILES string of the molecule is O=C(Nc1ccc(Cl)c(Cl)c1)NS(=O)(=O)c1ccccc1Cl. The summed E-state index contributed by atoms with van der Waals surface area (Å²) in [6.45, 7) is 0. The lowest BCUT2D eigenvalue weighted by Crippen LogP contribution is -2.34. The summed E-state index contributed by atoms with van der Waals surface area (Å²) >= 11 is 17.4. The topological polar surface area (TPSA) is 75.3 Å². The molecule has 2 N–H and O–H groups in total. The number of amides is 2. The van der Waals surface area contributed by atoms with Crippen LogP contribution in [0.15, 0.2) is 47.4 Å². The van der Waals surface area contributed by atoms with Crippen LogP contribution in [-0.4, -0.2) is 14.4 Å². The number of carbonyl (C=O) groups excluding carboxylic acids is 1. The van der Waals surface area contributed by atoms with E-state index in [4.69, 9.17) is 34.8 Å². The standard InChI is InChI=1S/C13H9Cl3N2O3S/c14-9-6-5-8(7-11(9)16)17-13(19)18-22(20,21)12-4-2-1-3-10(12)15/h1-7H,(H2,17,18,19). The molecule has 2 aromatic carbocycles. The lowest BCUT2D eigenvalue weighted by atomic mass is 10.3. The van der Waals surface area contributed by atoms with Gasteiger partial charge < -0.3 is 5.32 Å². The number of urea groups is 1. The smallest absolute Gasteiger partial charge is 0.307 e. The molecule has 2 aromatic rings. The number of benzene rings is 2. The first-order chi connectivity index (χ1) is 10.3. The molecule has 22 heavy (non-hydrogen) atoms. The van der Waals surface area contributed by atoms with Gasteiger partial charge in [0.25, 0.3) is 10.0 Å². The quantitative estimate of drug-likeness (QED) is 0.841. The van der Waals surface area contributed by atoms with E-state index in [1.54, 1.807) is 6.07 Å². The number of carbonyl (C=O) groups is 1. The lowest BCUT2D eigenvalue weighted by molar-refractivity contribution is 0.256. The van der Waals surface area contributed by atoms with Crippen molar-refractivity contribution >= 4 is 56.5 Å². The van der Waals surface area contributed by atoms with Crippen molar-refractivity contribution in [2.45, 2.75) is 4.90 Å². The van der Waals surface area contributed by atoms with E-state index in [-0.39, 0.29) is 14.9 Å². The van der Waals surface area contributed by atoms with Crippen LogP contribution in [0.3, 0.4) is 0 Å². The highest BCUT2D eigenvalue weighted by Gasteiger charge is 2.20. The molecular weight excluding hydrogens is 371 g/mol. The molecule has 5 nitrogen and oxygen atoms in total. The molecule has 0 heterocycles. The van der Waals surface area contributed by atoms with Gasteiger partial charge in [-0.15, -0.1) is 0 Å². The molecule has 0 bridgehead atoms. The molecule has 0 aliphatic rings. The second kappa shape index (κ2) is 6.75. The van der Waals surface area contributed by atoms with Gasteiger partial charge in [0.1, 0.15) is 4.90 Å². The molecule has 2 amide bonds. The Morgan fingerprint density at radius 1 is 0.909 bits per heavy atom. The Morgan fingerprint density at radius 3 is 2.23 bits per heavy atom. The van der Waals surface area contributed by atoms with E-state index in [9.17, 15) is 13.2 Å². The first kappa shape index (κ1) is 16.9. The largest absolute Gasteiger partial charge is 0.333 e. The van der Waals surface area contributed by atoms with Crippen LogP contribution in [0.25, 0.3) is 0 Å². The van der Waals surface area contributed by atoms with E-state index in [1.165, 1.54) is 36.4 Å². The summed E-state index contributed by atoms with van der Waals surface area (Å²) in [6.07, 6.45) is 0. The zero-order valence-corrected chi connectivity index (χ0v) is 13.9. The van der Waals surface area contributed by atoms with Crippen molar-refractivity contribution in [3.05, 3.63) is 57.5 Å². The Bertz CT molecular complexity index is 825. The molecule has 0 atom stereocenters. The molecule has 116 valence electrons. The highest BCUT2D eigenvalue weighted by atomic mass is 35.5. The van der Waals surface area contributed by atoms with Crippen molar-refractivity contribution in [2.24, 2.45) is 0 Å². The van der Waals surface area contributed by atoms with Gasteiger partial charge in [0.15, 0.2) is 0 Å². The third-order valence-corrected chi connectivity index (χ3v) is 5.10. The predicted molar refractivity (Wildman–Crippen MR) is 87.3 cm³/mol. The average Bonchev–Trinajstić information content (AvgIpc) is 2.42. The van der Waals surface area contributed by atoms with E-state index < -0.39 is 16.1 Å². The Morgan fingerprint density at radius 2 is 1.59 bits per heavy atom. The monoisotopic (exact) mass is 378 g/mol. The third-order valence-electron chi connectivity index (χ3n) is 2.53. The first-order valence-electron chi connectivity index (χ1n) is 5.83. The zero-order valence-electron chi connectivity index (χ0n) is 10.8. The molecule has 9 heteroatoms. The van der Waals surface area contributed by atoms with Crippen LogP contribution >= 0.6 is 34.8 Å². The van der Waals surface area contributed by atoms with Crippen molar-refractivity contribution in [3.8, 4) is 0 Å². The maximum absolute atomic E-state index is 12.1. The predicted octanol–water partition coefficient (Wildman–Crippen LogP) is 4.16. The van der Waals surface area contributed by atoms with Gasteiger partial charge >= 0.3 is 6.03 Å². The summed E-state index contributed by atoms with van der Waals surface area (Å²) in [6, 6.07) is 9.18. The summed E-state index contributed by atoms with van der Waals surface area (Å²) < 4.78 is 26.0. The molecule has 2 rings (SSSR count).